The smallest absolute Gasteiger partial charge is 0.164 e. The van der Waals surface area contributed by atoms with Gasteiger partial charge in [-0.1, -0.05) is 170 Å². The molecule has 0 bridgehead atoms. The Morgan fingerprint density at radius 2 is 0.727 bits per heavy atom. The van der Waals surface area contributed by atoms with E-state index in [2.05, 4.69) is 187 Å². The third kappa shape index (κ3) is 6.06. The van der Waals surface area contributed by atoms with Crippen molar-refractivity contribution in [1.82, 2.24) is 19.5 Å². The van der Waals surface area contributed by atoms with E-state index in [1.807, 2.05) is 24.3 Å². The number of nitrogens with zero attached hydrogens (tertiary/aromatic N) is 4. The molecular weight excluding hydrogens is 669 g/mol. The molecule has 8 aromatic carbocycles. The molecule has 258 valence electrons. The summed E-state index contributed by atoms with van der Waals surface area (Å²) in [5, 5.41) is 2.25. The SMILES string of the molecule is c1ccc(-c2ccc(-n3c4ccccc4c4c(-c5nc(-c6ccccc6)nc(-c6cccc(-c7cccc(-c8ccccc8)c7)c6)n5)cccc43)cc2)cc1. The van der Waals surface area contributed by atoms with E-state index in [-0.39, 0.29) is 0 Å². The van der Waals surface area contributed by atoms with Crippen LogP contribution in [0.1, 0.15) is 0 Å². The van der Waals surface area contributed by atoms with Crippen molar-refractivity contribution in [3.8, 4) is 73.2 Å². The summed E-state index contributed by atoms with van der Waals surface area (Å²) < 4.78 is 2.34. The molecule has 0 aliphatic carbocycles. The number of para-hydroxylation sites is 1. The van der Waals surface area contributed by atoms with Crippen LogP contribution in [-0.2, 0) is 0 Å². The highest BCUT2D eigenvalue weighted by Crippen LogP contribution is 2.39. The lowest BCUT2D eigenvalue weighted by Crippen LogP contribution is -2.00. The van der Waals surface area contributed by atoms with Gasteiger partial charge in [-0.05, 0) is 69.8 Å². The van der Waals surface area contributed by atoms with E-state index in [1.54, 1.807) is 0 Å². The second kappa shape index (κ2) is 13.8. The Hall–Kier alpha value is -7.43. The highest BCUT2D eigenvalue weighted by molar-refractivity contribution is 6.15. The summed E-state index contributed by atoms with van der Waals surface area (Å²) in [6.45, 7) is 0. The Balaban J connectivity index is 1.13. The summed E-state index contributed by atoms with van der Waals surface area (Å²) in [5.74, 6) is 1.89. The molecule has 0 fully saturated rings. The molecule has 0 amide bonds. The quantitative estimate of drug-likeness (QED) is 0.166. The van der Waals surface area contributed by atoms with Crippen LogP contribution in [0.5, 0.6) is 0 Å². The first-order valence-corrected chi connectivity index (χ1v) is 18.5. The molecule has 0 unspecified atom stereocenters. The van der Waals surface area contributed by atoms with E-state index in [0.29, 0.717) is 17.5 Å². The molecule has 0 atom stereocenters. The molecule has 55 heavy (non-hydrogen) atoms. The fourth-order valence-electron chi connectivity index (χ4n) is 7.61. The molecule has 0 aliphatic heterocycles. The lowest BCUT2D eigenvalue weighted by Gasteiger charge is -2.12. The van der Waals surface area contributed by atoms with Gasteiger partial charge in [0.2, 0.25) is 0 Å². The number of hydrogen-bond donors (Lipinski definition) is 0. The first-order valence-electron chi connectivity index (χ1n) is 18.5. The molecular formula is C51H34N4. The normalized spacial score (nSPS) is 11.3. The second-order valence-electron chi connectivity index (χ2n) is 13.7. The van der Waals surface area contributed by atoms with Crippen molar-refractivity contribution in [2.45, 2.75) is 0 Å². The highest BCUT2D eigenvalue weighted by Gasteiger charge is 2.20. The zero-order valence-corrected chi connectivity index (χ0v) is 29.9. The van der Waals surface area contributed by atoms with Gasteiger partial charge in [-0.15, -0.1) is 0 Å². The van der Waals surface area contributed by atoms with Crippen molar-refractivity contribution in [2.24, 2.45) is 0 Å². The van der Waals surface area contributed by atoms with Crippen LogP contribution in [-0.4, -0.2) is 19.5 Å². The minimum atomic E-state index is 0.627. The van der Waals surface area contributed by atoms with Crippen molar-refractivity contribution < 1.29 is 0 Å². The van der Waals surface area contributed by atoms with Crippen molar-refractivity contribution in [1.29, 1.82) is 0 Å². The minimum absolute atomic E-state index is 0.627. The zero-order chi connectivity index (χ0) is 36.6. The summed E-state index contributed by atoms with van der Waals surface area (Å²) >= 11 is 0. The third-order valence-corrected chi connectivity index (χ3v) is 10.3. The van der Waals surface area contributed by atoms with Crippen LogP contribution in [0.25, 0.3) is 95.0 Å². The van der Waals surface area contributed by atoms with Crippen molar-refractivity contribution in [3.05, 3.63) is 206 Å². The van der Waals surface area contributed by atoms with Gasteiger partial charge >= 0.3 is 0 Å². The van der Waals surface area contributed by atoms with Gasteiger partial charge in [-0.2, -0.15) is 0 Å². The molecule has 0 N–H and O–H groups in total. The standard InChI is InChI=1S/C51H34N4/c1-4-15-35(16-5-1)37-29-31-43(32-30-37)55-46-27-11-10-25-44(46)48-45(26-14-28-47(48)55)51-53-49(38-19-8-3-9-20-38)52-50(54-51)42-24-13-23-41(34-42)40-22-12-21-39(33-40)36-17-6-2-7-18-36/h1-34H. The van der Waals surface area contributed by atoms with Crippen molar-refractivity contribution >= 4 is 21.8 Å². The van der Waals surface area contributed by atoms with Crippen molar-refractivity contribution in [3.63, 3.8) is 0 Å². The average molecular weight is 703 g/mol. The van der Waals surface area contributed by atoms with Crippen LogP contribution in [0.15, 0.2) is 206 Å². The highest BCUT2D eigenvalue weighted by atomic mass is 15.0. The van der Waals surface area contributed by atoms with Crippen LogP contribution >= 0.6 is 0 Å². The number of hydrogen-bond acceptors (Lipinski definition) is 3. The monoisotopic (exact) mass is 702 g/mol. The average Bonchev–Trinajstić information content (AvgIpc) is 3.62. The molecule has 10 aromatic rings. The molecule has 4 nitrogen and oxygen atoms in total. The summed E-state index contributed by atoms with van der Waals surface area (Å²) in [6.07, 6.45) is 0. The van der Waals surface area contributed by atoms with Gasteiger partial charge in [0.05, 0.1) is 11.0 Å². The Morgan fingerprint density at radius 3 is 1.40 bits per heavy atom. The van der Waals surface area contributed by atoms with Crippen LogP contribution in [0.2, 0.25) is 0 Å². The Labute approximate surface area is 319 Å². The fourth-order valence-corrected chi connectivity index (χ4v) is 7.61. The summed E-state index contributed by atoms with van der Waals surface area (Å²) in [4.78, 5) is 15.5. The fraction of sp³-hybridized carbons (Fsp3) is 0. The maximum absolute atomic E-state index is 5.25. The summed E-state index contributed by atoms with van der Waals surface area (Å²) in [7, 11) is 0. The maximum atomic E-state index is 5.25. The van der Waals surface area contributed by atoms with Crippen LogP contribution in [0, 0.1) is 0 Å². The largest absolute Gasteiger partial charge is 0.309 e. The van der Waals surface area contributed by atoms with E-state index in [0.717, 1.165) is 55.3 Å². The van der Waals surface area contributed by atoms with Gasteiger partial charge in [0.15, 0.2) is 17.5 Å². The van der Waals surface area contributed by atoms with E-state index >= 15 is 0 Å². The number of benzene rings is 8. The lowest BCUT2D eigenvalue weighted by molar-refractivity contribution is 1.08. The first kappa shape index (κ1) is 32.2. The molecule has 0 radical (unpaired) electrons. The summed E-state index contributed by atoms with van der Waals surface area (Å²) in [5.41, 5.74) is 13.1. The molecule has 4 heteroatoms. The Morgan fingerprint density at radius 1 is 0.291 bits per heavy atom. The molecule has 0 saturated heterocycles. The van der Waals surface area contributed by atoms with E-state index in [1.165, 1.54) is 22.3 Å². The summed E-state index contributed by atoms with van der Waals surface area (Å²) in [6, 6.07) is 72.2. The number of rotatable bonds is 7. The Bertz CT molecular complexity index is 2950. The van der Waals surface area contributed by atoms with Gasteiger partial charge in [0.25, 0.3) is 0 Å². The van der Waals surface area contributed by atoms with Crippen LogP contribution < -0.4 is 0 Å². The molecule has 0 saturated carbocycles. The minimum Gasteiger partial charge on any atom is -0.309 e. The predicted molar refractivity (Wildman–Crippen MR) is 227 cm³/mol. The molecule has 2 aromatic heterocycles. The zero-order valence-electron chi connectivity index (χ0n) is 29.9. The Kier molecular flexibility index (Phi) is 8.12. The van der Waals surface area contributed by atoms with Gasteiger partial charge in [0.1, 0.15) is 0 Å². The molecule has 0 spiro atoms. The second-order valence-corrected chi connectivity index (χ2v) is 13.7. The molecule has 0 aliphatic rings. The van der Waals surface area contributed by atoms with Gasteiger partial charge in [0, 0.05) is 33.2 Å². The lowest BCUT2D eigenvalue weighted by atomic mass is 9.98. The van der Waals surface area contributed by atoms with Gasteiger partial charge in [-0.25, -0.2) is 15.0 Å². The van der Waals surface area contributed by atoms with Crippen molar-refractivity contribution in [2.75, 3.05) is 0 Å². The number of fused-ring (bicyclic) bond motifs is 3. The van der Waals surface area contributed by atoms with Gasteiger partial charge in [-0.3, -0.25) is 0 Å². The van der Waals surface area contributed by atoms with Gasteiger partial charge < -0.3 is 4.57 Å². The van der Waals surface area contributed by atoms with Crippen LogP contribution in [0.4, 0.5) is 0 Å². The van der Waals surface area contributed by atoms with Crippen LogP contribution in [0.3, 0.4) is 0 Å². The van der Waals surface area contributed by atoms with E-state index in [9.17, 15) is 0 Å². The predicted octanol–water partition coefficient (Wildman–Crippen LogP) is 13.0. The van der Waals surface area contributed by atoms with E-state index in [4.69, 9.17) is 15.0 Å². The molecule has 10 rings (SSSR count). The molecule has 2 heterocycles. The number of aromatic nitrogens is 4. The maximum Gasteiger partial charge on any atom is 0.164 e. The van der Waals surface area contributed by atoms with E-state index < -0.39 is 0 Å². The topological polar surface area (TPSA) is 43.6 Å². The third-order valence-electron chi connectivity index (χ3n) is 10.3. The first-order chi connectivity index (χ1) is 27.3.